The lowest BCUT2D eigenvalue weighted by molar-refractivity contribution is 0.165. The van der Waals surface area contributed by atoms with Gasteiger partial charge in [0.1, 0.15) is 0 Å². The second-order valence-electron chi connectivity index (χ2n) is 5.30. The molecule has 0 spiro atoms. The predicted octanol–water partition coefficient (Wildman–Crippen LogP) is 2.74. The minimum absolute atomic E-state index is 0.290. The highest BCUT2D eigenvalue weighted by Crippen LogP contribution is 2.24. The van der Waals surface area contributed by atoms with Crippen molar-refractivity contribution in [3.8, 4) is 5.75 Å². The fourth-order valence-electron chi connectivity index (χ4n) is 2.08. The molecule has 19 heavy (non-hydrogen) atoms. The maximum atomic E-state index is 13.9. The maximum absolute atomic E-state index is 13.9. The topological polar surface area (TPSA) is 30.5 Å². The zero-order valence-corrected chi connectivity index (χ0v) is 11.6. The predicted molar refractivity (Wildman–Crippen MR) is 72.8 cm³/mol. The number of benzene rings is 1. The first-order valence-corrected chi connectivity index (χ1v) is 6.88. The van der Waals surface area contributed by atoms with Crippen molar-refractivity contribution in [3.05, 3.63) is 29.6 Å². The van der Waals surface area contributed by atoms with Gasteiger partial charge in [-0.3, -0.25) is 0 Å². The van der Waals surface area contributed by atoms with Crippen LogP contribution in [0.2, 0.25) is 0 Å². The molecule has 1 heterocycles. The molecular formula is C15H22FNO2. The van der Waals surface area contributed by atoms with Crippen molar-refractivity contribution >= 4 is 0 Å². The van der Waals surface area contributed by atoms with E-state index in [1.807, 2.05) is 6.07 Å². The Morgan fingerprint density at radius 3 is 3.00 bits per heavy atom. The van der Waals surface area contributed by atoms with Crippen molar-refractivity contribution in [1.82, 2.24) is 5.32 Å². The summed E-state index contributed by atoms with van der Waals surface area (Å²) in [6, 6.07) is 5.43. The van der Waals surface area contributed by atoms with Crippen molar-refractivity contribution in [2.45, 2.75) is 32.9 Å². The first-order valence-electron chi connectivity index (χ1n) is 6.88. The van der Waals surface area contributed by atoms with Crippen LogP contribution in [0.1, 0.15) is 25.8 Å². The summed E-state index contributed by atoms with van der Waals surface area (Å²) in [4.78, 5) is 0. The van der Waals surface area contributed by atoms with E-state index in [1.165, 1.54) is 6.07 Å². The smallest absolute Gasteiger partial charge is 0.165 e. The lowest BCUT2D eigenvalue weighted by Gasteiger charge is -2.16. The second kappa shape index (κ2) is 6.87. The van der Waals surface area contributed by atoms with E-state index >= 15 is 0 Å². The van der Waals surface area contributed by atoms with Gasteiger partial charge in [-0.2, -0.15) is 0 Å². The average molecular weight is 267 g/mol. The SMILES string of the molecule is CC(C)NCc1cccc(F)c1OCC1CCOC1. The summed E-state index contributed by atoms with van der Waals surface area (Å²) in [6.07, 6.45) is 0.994. The first kappa shape index (κ1) is 14.3. The van der Waals surface area contributed by atoms with Gasteiger partial charge < -0.3 is 14.8 Å². The minimum Gasteiger partial charge on any atom is -0.490 e. The van der Waals surface area contributed by atoms with Gasteiger partial charge in [0.15, 0.2) is 11.6 Å². The van der Waals surface area contributed by atoms with Gasteiger partial charge in [0.05, 0.1) is 13.2 Å². The molecule has 1 atom stereocenters. The largest absolute Gasteiger partial charge is 0.490 e. The number of halogens is 1. The minimum atomic E-state index is -0.290. The van der Waals surface area contributed by atoms with E-state index < -0.39 is 0 Å². The Labute approximate surface area is 114 Å². The molecule has 2 rings (SSSR count). The molecular weight excluding hydrogens is 245 g/mol. The van der Waals surface area contributed by atoms with Crippen molar-refractivity contribution in [3.63, 3.8) is 0 Å². The third kappa shape index (κ3) is 4.18. The molecule has 3 nitrogen and oxygen atoms in total. The number of para-hydroxylation sites is 1. The Morgan fingerprint density at radius 2 is 2.32 bits per heavy atom. The molecule has 1 N–H and O–H groups in total. The summed E-state index contributed by atoms with van der Waals surface area (Å²) in [5, 5.41) is 3.29. The van der Waals surface area contributed by atoms with Crippen LogP contribution < -0.4 is 10.1 Å². The van der Waals surface area contributed by atoms with Crippen LogP contribution in [0.4, 0.5) is 4.39 Å². The van der Waals surface area contributed by atoms with Crippen molar-refractivity contribution in [2.24, 2.45) is 5.92 Å². The number of hydrogen-bond donors (Lipinski definition) is 1. The normalized spacial score (nSPS) is 19.1. The average Bonchev–Trinajstić information content (AvgIpc) is 2.88. The van der Waals surface area contributed by atoms with Crippen molar-refractivity contribution in [2.75, 3.05) is 19.8 Å². The van der Waals surface area contributed by atoms with Crippen LogP contribution in [0.3, 0.4) is 0 Å². The van der Waals surface area contributed by atoms with E-state index in [-0.39, 0.29) is 5.82 Å². The number of rotatable bonds is 6. The molecule has 0 saturated carbocycles. The lowest BCUT2D eigenvalue weighted by atomic mass is 10.1. The van der Waals surface area contributed by atoms with E-state index in [1.54, 1.807) is 6.07 Å². The molecule has 0 radical (unpaired) electrons. The summed E-state index contributed by atoms with van der Waals surface area (Å²) < 4.78 is 24.9. The Morgan fingerprint density at radius 1 is 1.47 bits per heavy atom. The molecule has 1 aromatic rings. The van der Waals surface area contributed by atoms with Crippen LogP contribution in [0.5, 0.6) is 5.75 Å². The van der Waals surface area contributed by atoms with Crippen molar-refractivity contribution < 1.29 is 13.9 Å². The van der Waals surface area contributed by atoms with Gasteiger partial charge >= 0.3 is 0 Å². The van der Waals surface area contributed by atoms with Crippen molar-refractivity contribution in [1.29, 1.82) is 0 Å². The van der Waals surface area contributed by atoms with E-state index in [0.717, 1.165) is 18.6 Å². The molecule has 1 unspecified atom stereocenters. The van der Waals surface area contributed by atoms with Crippen LogP contribution in [-0.2, 0) is 11.3 Å². The Bertz CT molecular complexity index is 403. The molecule has 0 aromatic heterocycles. The summed E-state index contributed by atoms with van der Waals surface area (Å²) >= 11 is 0. The van der Waals surface area contributed by atoms with E-state index in [4.69, 9.17) is 9.47 Å². The number of hydrogen-bond acceptors (Lipinski definition) is 3. The van der Waals surface area contributed by atoms with Gasteiger partial charge in [-0.15, -0.1) is 0 Å². The lowest BCUT2D eigenvalue weighted by Crippen LogP contribution is -2.22. The molecule has 0 bridgehead atoms. The fraction of sp³-hybridized carbons (Fsp3) is 0.600. The third-order valence-electron chi connectivity index (χ3n) is 3.24. The monoisotopic (exact) mass is 267 g/mol. The summed E-state index contributed by atoms with van der Waals surface area (Å²) in [5.74, 6) is 0.468. The van der Waals surface area contributed by atoms with Gasteiger partial charge in [-0.1, -0.05) is 26.0 Å². The van der Waals surface area contributed by atoms with Gasteiger partial charge in [0, 0.05) is 30.7 Å². The molecule has 106 valence electrons. The number of ether oxygens (including phenoxy) is 2. The Balaban J connectivity index is 1.99. The summed E-state index contributed by atoms with van der Waals surface area (Å²) in [5.41, 5.74) is 0.868. The first-order chi connectivity index (χ1) is 9.16. The van der Waals surface area contributed by atoms with Crippen LogP contribution in [0, 0.1) is 11.7 Å². The molecule has 1 aromatic carbocycles. The van der Waals surface area contributed by atoms with E-state index in [0.29, 0.717) is 37.5 Å². The molecule has 1 saturated heterocycles. The highest BCUT2D eigenvalue weighted by Gasteiger charge is 2.18. The zero-order chi connectivity index (χ0) is 13.7. The van der Waals surface area contributed by atoms with E-state index in [9.17, 15) is 4.39 Å². The quantitative estimate of drug-likeness (QED) is 0.859. The molecule has 1 fully saturated rings. The van der Waals surface area contributed by atoms with Gasteiger partial charge in [0.25, 0.3) is 0 Å². The van der Waals surface area contributed by atoms with Crippen LogP contribution in [-0.4, -0.2) is 25.9 Å². The molecule has 1 aliphatic rings. The fourth-order valence-corrected chi connectivity index (χ4v) is 2.08. The summed E-state index contributed by atoms with van der Waals surface area (Å²) in [6.45, 7) is 6.77. The Hall–Kier alpha value is -1.13. The van der Waals surface area contributed by atoms with Gasteiger partial charge in [-0.05, 0) is 12.5 Å². The zero-order valence-electron chi connectivity index (χ0n) is 11.6. The number of nitrogens with one attached hydrogen (secondary N) is 1. The van der Waals surface area contributed by atoms with Gasteiger partial charge in [-0.25, -0.2) is 4.39 Å². The summed E-state index contributed by atoms with van der Waals surface area (Å²) in [7, 11) is 0. The third-order valence-corrected chi connectivity index (χ3v) is 3.24. The van der Waals surface area contributed by atoms with Crippen LogP contribution >= 0.6 is 0 Å². The Kier molecular flexibility index (Phi) is 5.16. The highest BCUT2D eigenvalue weighted by atomic mass is 19.1. The van der Waals surface area contributed by atoms with Crippen LogP contribution in [0.15, 0.2) is 18.2 Å². The molecule has 1 aliphatic heterocycles. The molecule has 4 heteroatoms. The standard InChI is InChI=1S/C15H22FNO2/c1-11(2)17-8-13-4-3-5-14(16)15(13)19-10-12-6-7-18-9-12/h3-5,11-12,17H,6-10H2,1-2H3. The highest BCUT2D eigenvalue weighted by molar-refractivity contribution is 5.35. The molecule has 0 amide bonds. The van der Waals surface area contributed by atoms with E-state index in [2.05, 4.69) is 19.2 Å². The van der Waals surface area contributed by atoms with Crippen LogP contribution in [0.25, 0.3) is 0 Å². The maximum Gasteiger partial charge on any atom is 0.165 e. The second-order valence-corrected chi connectivity index (χ2v) is 5.30. The van der Waals surface area contributed by atoms with Gasteiger partial charge in [0.2, 0.25) is 0 Å². The molecule has 0 aliphatic carbocycles.